The predicted octanol–water partition coefficient (Wildman–Crippen LogP) is 2.39. The summed E-state index contributed by atoms with van der Waals surface area (Å²) in [5.74, 6) is 0.957. The first-order valence-corrected chi connectivity index (χ1v) is 7.51. The van der Waals surface area contributed by atoms with Gasteiger partial charge in [-0.2, -0.15) is 0 Å². The van der Waals surface area contributed by atoms with Gasteiger partial charge in [0.15, 0.2) is 6.79 Å². The van der Waals surface area contributed by atoms with Crippen molar-refractivity contribution < 1.29 is 9.47 Å². The van der Waals surface area contributed by atoms with Crippen molar-refractivity contribution in [3.63, 3.8) is 0 Å². The Hall–Kier alpha value is -0.810. The normalized spacial score (nSPS) is 26.9. The molecule has 0 aromatic heterocycles. The number of benzene rings is 1. The maximum absolute atomic E-state index is 6.23. The van der Waals surface area contributed by atoms with Gasteiger partial charge in [-0.15, -0.1) is 0 Å². The Balaban J connectivity index is 1.88. The smallest absolute Gasteiger partial charge is 0.189 e. The lowest BCUT2D eigenvalue weighted by Gasteiger charge is -2.40. The van der Waals surface area contributed by atoms with Crippen LogP contribution in [0.2, 0.25) is 5.02 Å². The molecule has 1 fully saturated rings. The van der Waals surface area contributed by atoms with Crippen LogP contribution in [0.15, 0.2) is 12.1 Å². The van der Waals surface area contributed by atoms with Crippen LogP contribution in [-0.2, 0) is 17.9 Å². The van der Waals surface area contributed by atoms with Gasteiger partial charge in [-0.1, -0.05) is 11.6 Å². The number of ether oxygens (including phenoxy) is 2. The summed E-state index contributed by atoms with van der Waals surface area (Å²) < 4.78 is 11.0. The molecule has 3 rings (SSSR count). The fourth-order valence-corrected chi connectivity index (χ4v) is 3.32. The molecule has 2 unspecified atom stereocenters. The molecular weight excluding hydrogens is 276 g/mol. The molecular formula is C15H21ClN2O2. The van der Waals surface area contributed by atoms with Crippen LogP contribution in [0.25, 0.3) is 0 Å². The number of hydrogen-bond acceptors (Lipinski definition) is 4. The van der Waals surface area contributed by atoms with Gasteiger partial charge in [0.1, 0.15) is 5.75 Å². The molecule has 1 saturated heterocycles. The minimum Gasteiger partial charge on any atom is -0.467 e. The van der Waals surface area contributed by atoms with Crippen LogP contribution in [0, 0.1) is 0 Å². The number of piperazine rings is 1. The van der Waals surface area contributed by atoms with Gasteiger partial charge in [-0.05, 0) is 26.0 Å². The summed E-state index contributed by atoms with van der Waals surface area (Å²) in [5, 5.41) is 4.21. The predicted molar refractivity (Wildman–Crippen MR) is 79.1 cm³/mol. The third-order valence-electron chi connectivity index (χ3n) is 4.12. The molecule has 1 aromatic rings. The van der Waals surface area contributed by atoms with E-state index in [0.717, 1.165) is 41.5 Å². The minimum atomic E-state index is 0.328. The van der Waals surface area contributed by atoms with Crippen molar-refractivity contribution in [3.05, 3.63) is 28.3 Å². The zero-order chi connectivity index (χ0) is 14.1. The van der Waals surface area contributed by atoms with Crippen molar-refractivity contribution in [1.29, 1.82) is 0 Å². The van der Waals surface area contributed by atoms with Crippen molar-refractivity contribution in [3.8, 4) is 5.75 Å². The molecule has 5 heteroatoms. The zero-order valence-corrected chi connectivity index (χ0v) is 12.7. The highest BCUT2D eigenvalue weighted by Gasteiger charge is 2.26. The van der Waals surface area contributed by atoms with Crippen molar-refractivity contribution in [2.45, 2.75) is 39.1 Å². The number of halogens is 1. The quantitative estimate of drug-likeness (QED) is 0.908. The van der Waals surface area contributed by atoms with Gasteiger partial charge in [0.2, 0.25) is 0 Å². The van der Waals surface area contributed by atoms with Crippen molar-refractivity contribution in [2.24, 2.45) is 0 Å². The summed E-state index contributed by atoms with van der Waals surface area (Å²) in [6.07, 6.45) is 0. The second kappa shape index (κ2) is 5.90. The van der Waals surface area contributed by atoms with Crippen LogP contribution in [0.5, 0.6) is 5.75 Å². The van der Waals surface area contributed by atoms with E-state index in [4.69, 9.17) is 21.1 Å². The average molecular weight is 297 g/mol. The largest absolute Gasteiger partial charge is 0.467 e. The second-order valence-electron chi connectivity index (χ2n) is 5.69. The molecule has 0 aliphatic carbocycles. The third-order valence-corrected chi connectivity index (χ3v) is 4.33. The van der Waals surface area contributed by atoms with Crippen LogP contribution in [0.1, 0.15) is 25.0 Å². The Bertz CT molecular complexity index is 485. The molecule has 0 radical (unpaired) electrons. The van der Waals surface area contributed by atoms with Gasteiger partial charge in [-0.3, -0.25) is 4.90 Å². The first kappa shape index (κ1) is 14.1. The van der Waals surface area contributed by atoms with Crippen LogP contribution < -0.4 is 10.1 Å². The Morgan fingerprint density at radius 3 is 2.80 bits per heavy atom. The van der Waals surface area contributed by atoms with Gasteiger partial charge >= 0.3 is 0 Å². The van der Waals surface area contributed by atoms with E-state index in [9.17, 15) is 0 Å². The topological polar surface area (TPSA) is 33.7 Å². The highest BCUT2D eigenvalue weighted by atomic mass is 35.5. The van der Waals surface area contributed by atoms with Crippen molar-refractivity contribution in [1.82, 2.24) is 10.2 Å². The fraction of sp³-hybridized carbons (Fsp3) is 0.600. The molecule has 1 aromatic carbocycles. The average Bonchev–Trinajstić information content (AvgIpc) is 2.42. The van der Waals surface area contributed by atoms with Crippen LogP contribution in [0.3, 0.4) is 0 Å². The lowest BCUT2D eigenvalue weighted by molar-refractivity contribution is -0.0179. The molecule has 0 saturated carbocycles. The van der Waals surface area contributed by atoms with Crippen LogP contribution >= 0.6 is 11.6 Å². The standard InChI is InChI=1S/C15H21ClN2O2/c1-10-5-17-6-11(2)18(10)7-12-3-14(16)4-13-8-19-9-20-15(12)13/h3-4,10-11,17H,5-9H2,1-2H3. The number of nitrogens with zero attached hydrogens (tertiary/aromatic N) is 1. The second-order valence-corrected chi connectivity index (χ2v) is 6.13. The lowest BCUT2D eigenvalue weighted by Crippen LogP contribution is -2.54. The fourth-order valence-electron chi connectivity index (χ4n) is 3.05. The van der Waals surface area contributed by atoms with Gasteiger partial charge in [0.25, 0.3) is 0 Å². The van der Waals surface area contributed by atoms with Gasteiger partial charge in [-0.25, -0.2) is 0 Å². The van der Waals surface area contributed by atoms with Gasteiger partial charge in [0, 0.05) is 47.9 Å². The lowest BCUT2D eigenvalue weighted by atomic mass is 10.0. The van der Waals surface area contributed by atoms with E-state index in [1.54, 1.807) is 0 Å². The molecule has 2 aliphatic heterocycles. The number of nitrogens with one attached hydrogen (secondary N) is 1. The summed E-state index contributed by atoms with van der Waals surface area (Å²) in [6, 6.07) is 4.97. The van der Waals surface area contributed by atoms with Crippen LogP contribution in [-0.4, -0.2) is 36.9 Å². The van der Waals surface area contributed by atoms with E-state index in [2.05, 4.69) is 24.1 Å². The maximum atomic E-state index is 6.23. The van der Waals surface area contributed by atoms with E-state index in [0.29, 0.717) is 25.5 Å². The molecule has 2 heterocycles. The van der Waals surface area contributed by atoms with E-state index in [1.807, 2.05) is 12.1 Å². The highest BCUT2D eigenvalue weighted by molar-refractivity contribution is 6.30. The number of hydrogen-bond donors (Lipinski definition) is 1. The van der Waals surface area contributed by atoms with Crippen LogP contribution in [0.4, 0.5) is 0 Å². The Morgan fingerprint density at radius 1 is 1.30 bits per heavy atom. The molecule has 2 aliphatic rings. The minimum absolute atomic E-state index is 0.328. The van der Waals surface area contributed by atoms with E-state index in [1.165, 1.54) is 0 Å². The molecule has 110 valence electrons. The van der Waals surface area contributed by atoms with Gasteiger partial charge in [0.05, 0.1) is 6.61 Å². The molecule has 0 bridgehead atoms. The van der Waals surface area contributed by atoms with E-state index in [-0.39, 0.29) is 0 Å². The number of rotatable bonds is 2. The van der Waals surface area contributed by atoms with E-state index >= 15 is 0 Å². The van der Waals surface area contributed by atoms with Crippen molar-refractivity contribution in [2.75, 3.05) is 19.9 Å². The SMILES string of the molecule is CC1CNCC(C)N1Cc1cc(Cl)cc2c1OCOC2. The summed E-state index contributed by atoms with van der Waals surface area (Å²) in [5.41, 5.74) is 2.21. The Kier molecular flexibility index (Phi) is 4.17. The molecule has 1 N–H and O–H groups in total. The molecule has 0 spiro atoms. The maximum Gasteiger partial charge on any atom is 0.189 e. The zero-order valence-electron chi connectivity index (χ0n) is 12.0. The van der Waals surface area contributed by atoms with Gasteiger partial charge < -0.3 is 14.8 Å². The molecule has 20 heavy (non-hydrogen) atoms. The summed E-state index contributed by atoms with van der Waals surface area (Å²) in [4.78, 5) is 2.50. The first-order chi connectivity index (χ1) is 9.65. The summed E-state index contributed by atoms with van der Waals surface area (Å²) >= 11 is 6.23. The third kappa shape index (κ3) is 2.79. The number of fused-ring (bicyclic) bond motifs is 1. The highest BCUT2D eigenvalue weighted by Crippen LogP contribution is 2.33. The van der Waals surface area contributed by atoms with Crippen molar-refractivity contribution >= 4 is 11.6 Å². The van der Waals surface area contributed by atoms with E-state index < -0.39 is 0 Å². The summed E-state index contributed by atoms with van der Waals surface area (Å²) in [6.45, 7) is 8.33. The Labute approximate surface area is 125 Å². The Morgan fingerprint density at radius 2 is 2.05 bits per heavy atom. The molecule has 0 amide bonds. The monoisotopic (exact) mass is 296 g/mol. The molecule has 2 atom stereocenters. The summed E-state index contributed by atoms with van der Waals surface area (Å²) in [7, 11) is 0. The molecule has 4 nitrogen and oxygen atoms in total. The first-order valence-electron chi connectivity index (χ1n) is 7.13.